The number of phenolic OH excluding ortho intramolecular Hbond substituents is 1. The van der Waals surface area contributed by atoms with Gasteiger partial charge in [0.1, 0.15) is 5.75 Å². The zero-order valence-electron chi connectivity index (χ0n) is 9.35. The van der Waals surface area contributed by atoms with Gasteiger partial charge < -0.3 is 10.2 Å². The molecule has 0 fully saturated rings. The number of aromatic carboxylic acids is 1. The number of benzene rings is 1. The van der Waals surface area contributed by atoms with E-state index < -0.39 is 5.97 Å². The molecule has 1 aromatic heterocycles. The van der Waals surface area contributed by atoms with Gasteiger partial charge >= 0.3 is 5.97 Å². The first-order valence-corrected chi connectivity index (χ1v) is 5.01. The van der Waals surface area contributed by atoms with E-state index in [1.165, 1.54) is 30.6 Å². The third-order valence-electron chi connectivity index (χ3n) is 1.99. The van der Waals surface area contributed by atoms with Crippen molar-refractivity contribution < 1.29 is 19.8 Å². The Morgan fingerprint density at radius 3 is 2.11 bits per heavy atom. The van der Waals surface area contributed by atoms with Gasteiger partial charge in [-0.25, -0.2) is 4.79 Å². The Hall–Kier alpha value is -2.69. The fourth-order valence-electron chi connectivity index (χ4n) is 1.08. The number of nitrogens with zero attached hydrogens (tertiary/aromatic N) is 1. The second-order valence-corrected chi connectivity index (χ2v) is 3.22. The maximum absolute atomic E-state index is 10.2. The second-order valence-electron chi connectivity index (χ2n) is 3.22. The van der Waals surface area contributed by atoms with Crippen molar-refractivity contribution in [2.45, 2.75) is 0 Å². The molecular weight excluding hydrogens is 234 g/mol. The number of phenols is 1. The molecule has 0 aliphatic heterocycles. The minimum atomic E-state index is -0.919. The molecule has 2 rings (SSSR count). The summed E-state index contributed by atoms with van der Waals surface area (Å²) in [5, 5.41) is 17.2. The molecule has 0 amide bonds. The van der Waals surface area contributed by atoms with Crippen LogP contribution < -0.4 is 0 Å². The molecule has 1 aromatic carbocycles. The molecular formula is C13H11NO4. The highest BCUT2D eigenvalue weighted by molar-refractivity contribution is 5.87. The number of para-hydroxylation sites is 1. The molecule has 0 unspecified atom stereocenters. The molecule has 92 valence electrons. The number of carbonyl (C=O) groups excluding carboxylic acids is 1. The van der Waals surface area contributed by atoms with E-state index in [4.69, 9.17) is 10.2 Å². The summed E-state index contributed by atoms with van der Waals surface area (Å²) in [5.41, 5.74) is 0.600. The summed E-state index contributed by atoms with van der Waals surface area (Å²) in [7, 11) is 0. The number of aromatic hydroxyl groups is 1. The fraction of sp³-hybridized carbons (Fsp3) is 0. The molecule has 0 atom stereocenters. The van der Waals surface area contributed by atoms with Gasteiger partial charge in [0.05, 0.1) is 11.1 Å². The lowest BCUT2D eigenvalue weighted by atomic mass is 10.2. The van der Waals surface area contributed by atoms with Crippen LogP contribution in [0.1, 0.15) is 20.7 Å². The highest BCUT2D eigenvalue weighted by atomic mass is 16.4. The van der Waals surface area contributed by atoms with Gasteiger partial charge in [-0.2, -0.15) is 0 Å². The quantitative estimate of drug-likeness (QED) is 0.790. The summed E-state index contributed by atoms with van der Waals surface area (Å²) in [6.45, 7) is 0. The maximum Gasteiger partial charge on any atom is 0.335 e. The lowest BCUT2D eigenvalue weighted by molar-refractivity contribution is 0.0696. The van der Waals surface area contributed by atoms with Gasteiger partial charge in [-0.05, 0) is 24.3 Å². The summed E-state index contributed by atoms with van der Waals surface area (Å²) < 4.78 is 0. The molecule has 18 heavy (non-hydrogen) atoms. The molecule has 0 saturated carbocycles. The zero-order valence-corrected chi connectivity index (χ0v) is 9.35. The van der Waals surface area contributed by atoms with Crippen molar-refractivity contribution in [3.05, 3.63) is 59.9 Å². The van der Waals surface area contributed by atoms with Crippen LogP contribution in [0.5, 0.6) is 5.75 Å². The van der Waals surface area contributed by atoms with Gasteiger partial charge in [-0.15, -0.1) is 0 Å². The van der Waals surface area contributed by atoms with Crippen molar-refractivity contribution in [2.24, 2.45) is 0 Å². The van der Waals surface area contributed by atoms with E-state index >= 15 is 0 Å². The standard InChI is InChI=1S/C7H6O2.C6H5NO2/c8-5-6-3-1-2-4-7(6)9;8-6(9)5-1-3-7-4-2-5/h1-5,9H;1-4H,(H,8,9). The summed E-state index contributed by atoms with van der Waals surface area (Å²) in [5.74, 6) is -0.884. The third-order valence-corrected chi connectivity index (χ3v) is 1.99. The van der Waals surface area contributed by atoms with E-state index in [0.717, 1.165) is 0 Å². The van der Waals surface area contributed by atoms with E-state index in [1.54, 1.807) is 18.2 Å². The van der Waals surface area contributed by atoms with Gasteiger partial charge in [0.25, 0.3) is 0 Å². The Morgan fingerprint density at radius 1 is 1.11 bits per heavy atom. The van der Waals surface area contributed by atoms with Crippen LogP contribution in [0.15, 0.2) is 48.8 Å². The highest BCUT2D eigenvalue weighted by Gasteiger charge is 1.97. The Bertz CT molecular complexity index is 526. The van der Waals surface area contributed by atoms with Crippen molar-refractivity contribution in [1.29, 1.82) is 0 Å². The maximum atomic E-state index is 10.2. The first kappa shape index (κ1) is 13.4. The van der Waals surface area contributed by atoms with Gasteiger partial charge in [0.15, 0.2) is 6.29 Å². The lowest BCUT2D eigenvalue weighted by Gasteiger charge is -1.91. The van der Waals surface area contributed by atoms with E-state index in [1.807, 2.05) is 0 Å². The van der Waals surface area contributed by atoms with Crippen molar-refractivity contribution in [2.75, 3.05) is 0 Å². The normalized spacial score (nSPS) is 8.89. The number of aromatic nitrogens is 1. The largest absolute Gasteiger partial charge is 0.507 e. The van der Waals surface area contributed by atoms with Crippen molar-refractivity contribution >= 4 is 12.3 Å². The number of hydrogen-bond donors (Lipinski definition) is 2. The first-order valence-electron chi connectivity index (χ1n) is 5.01. The fourth-order valence-corrected chi connectivity index (χ4v) is 1.08. The smallest absolute Gasteiger partial charge is 0.335 e. The SMILES string of the molecule is O=C(O)c1ccncc1.O=Cc1ccccc1O. The number of rotatable bonds is 2. The second kappa shape index (κ2) is 6.80. The summed E-state index contributed by atoms with van der Waals surface area (Å²) in [4.78, 5) is 23.9. The van der Waals surface area contributed by atoms with Crippen molar-refractivity contribution in [1.82, 2.24) is 4.98 Å². The number of carboxylic acid groups (broad SMARTS) is 1. The Labute approximate surface area is 103 Å². The van der Waals surface area contributed by atoms with Crippen molar-refractivity contribution in [3.63, 3.8) is 0 Å². The minimum Gasteiger partial charge on any atom is -0.507 e. The van der Waals surface area contributed by atoms with Crippen LogP contribution in [0.25, 0.3) is 0 Å². The molecule has 0 aliphatic rings. The minimum absolute atomic E-state index is 0.0347. The van der Waals surface area contributed by atoms with Crippen LogP contribution in [0.3, 0.4) is 0 Å². The summed E-state index contributed by atoms with van der Waals surface area (Å²) >= 11 is 0. The number of carboxylic acids is 1. The molecule has 5 heteroatoms. The van der Waals surface area contributed by atoms with Gasteiger partial charge in [0, 0.05) is 12.4 Å². The molecule has 0 aliphatic carbocycles. The van der Waals surface area contributed by atoms with Crippen molar-refractivity contribution in [3.8, 4) is 5.75 Å². The van der Waals surface area contributed by atoms with Crippen LogP contribution >= 0.6 is 0 Å². The molecule has 1 heterocycles. The molecule has 0 radical (unpaired) electrons. The average Bonchev–Trinajstić information content (AvgIpc) is 2.41. The Balaban J connectivity index is 0.000000180. The van der Waals surface area contributed by atoms with Crippen LogP contribution in [0, 0.1) is 0 Å². The van der Waals surface area contributed by atoms with Crippen LogP contribution in [0.4, 0.5) is 0 Å². The predicted molar refractivity (Wildman–Crippen MR) is 64.7 cm³/mol. The van der Waals surface area contributed by atoms with E-state index in [2.05, 4.69) is 4.98 Å². The molecule has 2 N–H and O–H groups in total. The highest BCUT2D eigenvalue weighted by Crippen LogP contribution is 2.11. The van der Waals surface area contributed by atoms with Crippen LogP contribution in [-0.4, -0.2) is 27.5 Å². The van der Waals surface area contributed by atoms with E-state index in [-0.39, 0.29) is 11.3 Å². The molecule has 0 saturated heterocycles. The van der Waals surface area contributed by atoms with E-state index in [0.29, 0.717) is 11.8 Å². The number of carbonyl (C=O) groups is 2. The zero-order chi connectivity index (χ0) is 13.4. The topological polar surface area (TPSA) is 87.5 Å². The molecule has 0 spiro atoms. The Kier molecular flexibility index (Phi) is 5.05. The van der Waals surface area contributed by atoms with Gasteiger partial charge in [-0.1, -0.05) is 12.1 Å². The number of pyridine rings is 1. The van der Waals surface area contributed by atoms with Gasteiger partial charge in [0.2, 0.25) is 0 Å². The first-order chi connectivity index (χ1) is 8.65. The molecule has 0 bridgehead atoms. The summed E-state index contributed by atoms with van der Waals surface area (Å²) in [6, 6.07) is 9.29. The lowest BCUT2D eigenvalue weighted by Crippen LogP contribution is -1.94. The number of hydrogen-bond acceptors (Lipinski definition) is 4. The monoisotopic (exact) mass is 245 g/mol. The molecule has 2 aromatic rings. The number of aldehydes is 1. The molecule has 5 nitrogen and oxygen atoms in total. The van der Waals surface area contributed by atoms with Crippen LogP contribution in [0.2, 0.25) is 0 Å². The van der Waals surface area contributed by atoms with E-state index in [9.17, 15) is 9.59 Å². The summed E-state index contributed by atoms with van der Waals surface area (Å²) in [6.07, 6.45) is 3.52. The van der Waals surface area contributed by atoms with Crippen LogP contribution in [-0.2, 0) is 0 Å². The Morgan fingerprint density at radius 2 is 1.72 bits per heavy atom. The van der Waals surface area contributed by atoms with Gasteiger partial charge in [-0.3, -0.25) is 9.78 Å². The predicted octanol–water partition coefficient (Wildman–Crippen LogP) is 1.98. The third kappa shape index (κ3) is 4.05. The average molecular weight is 245 g/mol.